The Morgan fingerprint density at radius 3 is 2.00 bits per heavy atom. The average Bonchev–Trinajstić information content (AvgIpc) is 2.65. The first-order valence-corrected chi connectivity index (χ1v) is 7.39. The van der Waals surface area contributed by atoms with Gasteiger partial charge in [0.05, 0.1) is 0 Å². The molecule has 0 aliphatic heterocycles. The zero-order valence-electron chi connectivity index (χ0n) is 13.2. The molecule has 0 saturated heterocycles. The molecule has 0 bridgehead atoms. The van der Waals surface area contributed by atoms with Crippen LogP contribution >= 0.6 is 0 Å². The maximum Gasteiger partial charge on any atom is 0.267 e. The summed E-state index contributed by atoms with van der Waals surface area (Å²) in [7, 11) is 0. The van der Waals surface area contributed by atoms with Crippen molar-refractivity contribution < 1.29 is 19.9 Å². The number of nitrogens with one attached hydrogen (secondary N) is 2. The lowest BCUT2D eigenvalue weighted by Gasteiger charge is -2.14. The summed E-state index contributed by atoms with van der Waals surface area (Å²) >= 11 is 0. The van der Waals surface area contributed by atoms with Crippen LogP contribution in [0.1, 0.15) is 21.5 Å². The quantitative estimate of drug-likeness (QED) is 0.312. The number of carbonyl (C=O) groups is 2. The van der Waals surface area contributed by atoms with E-state index >= 15 is 0 Å². The first kappa shape index (κ1) is 18.0. The van der Waals surface area contributed by atoms with Gasteiger partial charge in [-0.2, -0.15) is 0 Å². The summed E-state index contributed by atoms with van der Waals surface area (Å²) in [6.07, 6.45) is 0. The number of rotatable bonds is 4. The smallest absolute Gasteiger partial charge is 0.267 e. The van der Waals surface area contributed by atoms with E-state index in [1.165, 1.54) is 5.48 Å². The number of aromatic hydroxyl groups is 1. The number of amides is 2. The summed E-state index contributed by atoms with van der Waals surface area (Å²) in [5.41, 5.74) is 8.62. The molecule has 2 aromatic rings. The van der Waals surface area contributed by atoms with E-state index in [4.69, 9.17) is 10.9 Å². The topological polar surface area (TPSA) is 125 Å². The van der Waals surface area contributed by atoms with Gasteiger partial charge in [-0.15, -0.1) is 0 Å². The molecule has 7 nitrogen and oxygen atoms in total. The van der Waals surface area contributed by atoms with E-state index < -0.39 is 17.9 Å². The highest BCUT2D eigenvalue weighted by Crippen LogP contribution is 2.09. The van der Waals surface area contributed by atoms with Crippen molar-refractivity contribution >= 4 is 11.8 Å². The van der Waals surface area contributed by atoms with Gasteiger partial charge in [0.25, 0.3) is 11.8 Å². The average molecular weight is 339 g/mol. The van der Waals surface area contributed by atoms with Crippen LogP contribution in [0.4, 0.5) is 0 Å². The fourth-order valence-corrected chi connectivity index (χ4v) is 1.95. The molecule has 1 atom stereocenters. The Labute approximate surface area is 144 Å². The summed E-state index contributed by atoms with van der Waals surface area (Å²) < 4.78 is 0. The third-order valence-electron chi connectivity index (χ3n) is 3.33. The predicted molar refractivity (Wildman–Crippen MR) is 90.8 cm³/mol. The van der Waals surface area contributed by atoms with Crippen molar-refractivity contribution in [2.75, 3.05) is 6.54 Å². The second kappa shape index (κ2) is 8.49. The predicted octanol–water partition coefficient (Wildman–Crippen LogP) is 0.354. The highest BCUT2D eigenvalue weighted by Gasteiger charge is 2.19. The van der Waals surface area contributed by atoms with Gasteiger partial charge in [0.2, 0.25) is 0 Å². The van der Waals surface area contributed by atoms with Gasteiger partial charge in [-0.25, -0.2) is 5.48 Å². The van der Waals surface area contributed by atoms with Crippen molar-refractivity contribution in [1.29, 1.82) is 0 Å². The maximum atomic E-state index is 12.1. The summed E-state index contributed by atoms with van der Waals surface area (Å²) in [5.74, 6) is 4.79. The lowest BCUT2D eigenvalue weighted by Crippen LogP contribution is -2.50. The molecule has 0 aliphatic rings. The van der Waals surface area contributed by atoms with E-state index in [0.29, 0.717) is 11.1 Å². The first-order chi connectivity index (χ1) is 12.0. The number of hydroxylamine groups is 1. The highest BCUT2D eigenvalue weighted by atomic mass is 16.5. The van der Waals surface area contributed by atoms with E-state index in [9.17, 15) is 14.7 Å². The Morgan fingerprint density at radius 2 is 1.52 bits per heavy atom. The minimum absolute atomic E-state index is 0.145. The molecule has 7 heteroatoms. The van der Waals surface area contributed by atoms with E-state index in [1.54, 1.807) is 48.5 Å². The number of phenolic OH excluding ortho intramolecular Hbond substituents is 1. The number of hydrogen-bond donors (Lipinski definition) is 5. The largest absolute Gasteiger partial charge is 0.508 e. The van der Waals surface area contributed by atoms with E-state index in [2.05, 4.69) is 17.2 Å². The van der Waals surface area contributed by atoms with E-state index in [1.807, 2.05) is 0 Å². The number of nitrogens with two attached hydrogens (primary N) is 1. The van der Waals surface area contributed by atoms with Crippen LogP contribution in [-0.2, 0) is 4.79 Å². The molecule has 2 rings (SSSR count). The minimum atomic E-state index is -1.02. The van der Waals surface area contributed by atoms with Gasteiger partial charge in [-0.05, 0) is 48.5 Å². The number of phenols is 1. The minimum Gasteiger partial charge on any atom is -0.508 e. The van der Waals surface area contributed by atoms with Crippen LogP contribution < -0.4 is 16.5 Å². The van der Waals surface area contributed by atoms with Gasteiger partial charge in [0, 0.05) is 23.2 Å². The molecule has 0 spiro atoms. The van der Waals surface area contributed by atoms with Crippen LogP contribution in [0.3, 0.4) is 0 Å². The Bertz CT molecular complexity index is 805. The zero-order valence-corrected chi connectivity index (χ0v) is 13.2. The van der Waals surface area contributed by atoms with Crippen LogP contribution in [0.25, 0.3) is 0 Å². The molecule has 2 aromatic carbocycles. The van der Waals surface area contributed by atoms with Gasteiger partial charge in [0.1, 0.15) is 11.8 Å². The molecule has 6 N–H and O–H groups in total. The van der Waals surface area contributed by atoms with Gasteiger partial charge < -0.3 is 16.2 Å². The highest BCUT2D eigenvalue weighted by molar-refractivity contribution is 5.97. The van der Waals surface area contributed by atoms with Crippen molar-refractivity contribution in [3.8, 4) is 17.6 Å². The van der Waals surface area contributed by atoms with Crippen molar-refractivity contribution in [3.05, 3.63) is 65.2 Å². The van der Waals surface area contributed by atoms with E-state index in [-0.39, 0.29) is 12.3 Å². The molecule has 0 aromatic heterocycles. The van der Waals surface area contributed by atoms with Gasteiger partial charge in [-0.1, -0.05) is 11.8 Å². The molecule has 0 heterocycles. The van der Waals surface area contributed by atoms with Gasteiger partial charge >= 0.3 is 0 Å². The molecule has 0 radical (unpaired) electrons. The molecule has 2 amide bonds. The molecule has 0 aliphatic carbocycles. The monoisotopic (exact) mass is 339 g/mol. The third-order valence-corrected chi connectivity index (χ3v) is 3.33. The van der Waals surface area contributed by atoms with Crippen LogP contribution in [0.15, 0.2) is 48.5 Å². The normalized spacial score (nSPS) is 11.0. The summed E-state index contributed by atoms with van der Waals surface area (Å²) in [6.45, 7) is -0.145. The van der Waals surface area contributed by atoms with Gasteiger partial charge in [-0.3, -0.25) is 14.8 Å². The molecular formula is C18H17N3O4. The number of hydrogen-bond acceptors (Lipinski definition) is 5. The summed E-state index contributed by atoms with van der Waals surface area (Å²) in [5, 5.41) is 20.2. The zero-order chi connectivity index (χ0) is 18.2. The first-order valence-electron chi connectivity index (χ1n) is 7.39. The van der Waals surface area contributed by atoms with Crippen molar-refractivity contribution in [1.82, 2.24) is 10.8 Å². The van der Waals surface area contributed by atoms with Crippen molar-refractivity contribution in [2.24, 2.45) is 5.73 Å². The Hall–Kier alpha value is -3.34. The Balaban J connectivity index is 2.05. The van der Waals surface area contributed by atoms with Crippen LogP contribution in [0.5, 0.6) is 5.75 Å². The SMILES string of the molecule is NC[C@H](NC(=O)c1ccc(C#Cc2ccc(O)cc2)cc1)C(=O)NO. The van der Waals surface area contributed by atoms with Crippen LogP contribution in [0, 0.1) is 11.8 Å². The molecule has 25 heavy (non-hydrogen) atoms. The third kappa shape index (κ3) is 5.07. The molecule has 0 fully saturated rings. The standard InChI is InChI=1S/C18H17N3O4/c19-11-16(18(24)21-25)20-17(23)14-7-3-12(4-8-14)1-2-13-5-9-15(22)10-6-13/h3-10,16,22,25H,11,19H2,(H,20,23)(H,21,24)/t16-/m0/s1. The summed E-state index contributed by atoms with van der Waals surface area (Å²) in [4.78, 5) is 23.4. The second-order valence-electron chi connectivity index (χ2n) is 5.11. The second-order valence-corrected chi connectivity index (χ2v) is 5.11. The summed E-state index contributed by atoms with van der Waals surface area (Å²) in [6, 6.07) is 12.0. The Morgan fingerprint density at radius 1 is 1.00 bits per heavy atom. The van der Waals surface area contributed by atoms with Crippen molar-refractivity contribution in [2.45, 2.75) is 6.04 Å². The van der Waals surface area contributed by atoms with Crippen LogP contribution in [0.2, 0.25) is 0 Å². The fraction of sp³-hybridized carbons (Fsp3) is 0.111. The number of benzene rings is 2. The lowest BCUT2D eigenvalue weighted by atomic mass is 10.1. The number of carbonyl (C=O) groups excluding carboxylic acids is 2. The fourth-order valence-electron chi connectivity index (χ4n) is 1.95. The van der Waals surface area contributed by atoms with Crippen molar-refractivity contribution in [3.63, 3.8) is 0 Å². The Kier molecular flexibility index (Phi) is 6.12. The maximum absolute atomic E-state index is 12.1. The molecule has 0 saturated carbocycles. The molecule has 128 valence electrons. The molecule has 0 unspecified atom stereocenters. The molecular weight excluding hydrogens is 322 g/mol. The lowest BCUT2D eigenvalue weighted by molar-refractivity contribution is -0.130. The van der Waals surface area contributed by atoms with Crippen LogP contribution in [-0.4, -0.2) is 34.7 Å². The van der Waals surface area contributed by atoms with Gasteiger partial charge in [0.15, 0.2) is 0 Å². The van der Waals surface area contributed by atoms with E-state index in [0.717, 1.165) is 5.56 Å².